The average Bonchev–Trinajstić information content (AvgIpc) is 3.11. The fourth-order valence-corrected chi connectivity index (χ4v) is 4.30. The van der Waals surface area contributed by atoms with Crippen molar-refractivity contribution in [1.29, 1.82) is 0 Å². The Morgan fingerprint density at radius 1 is 1.09 bits per heavy atom. The Morgan fingerprint density at radius 3 is 2.61 bits per heavy atom. The van der Waals surface area contributed by atoms with Crippen molar-refractivity contribution < 1.29 is 4.79 Å². The molecule has 0 radical (unpaired) electrons. The van der Waals surface area contributed by atoms with Crippen LogP contribution in [0.5, 0.6) is 0 Å². The number of nitrogens with zero attached hydrogens (tertiary/aromatic N) is 5. The zero-order chi connectivity index (χ0) is 23.2. The van der Waals surface area contributed by atoms with E-state index in [1.54, 1.807) is 24.4 Å². The number of rotatable bonds is 7. The van der Waals surface area contributed by atoms with Gasteiger partial charge in [0.15, 0.2) is 5.82 Å². The molecular formula is C25H29ClN6O. The van der Waals surface area contributed by atoms with Crippen LogP contribution in [-0.4, -0.2) is 50.2 Å². The van der Waals surface area contributed by atoms with Crippen LogP contribution in [0.1, 0.15) is 47.6 Å². The molecule has 0 fully saturated rings. The van der Waals surface area contributed by atoms with Crippen molar-refractivity contribution in [1.82, 2.24) is 30.0 Å². The van der Waals surface area contributed by atoms with Gasteiger partial charge in [-0.2, -0.15) is 0 Å². The summed E-state index contributed by atoms with van der Waals surface area (Å²) in [6.07, 6.45) is 4.41. The lowest BCUT2D eigenvalue weighted by Crippen LogP contribution is -2.35. The second kappa shape index (κ2) is 10.7. The Labute approximate surface area is 199 Å². The van der Waals surface area contributed by atoms with Gasteiger partial charge in [0.1, 0.15) is 11.5 Å². The molecule has 1 unspecified atom stereocenters. The summed E-state index contributed by atoms with van der Waals surface area (Å²) in [4.78, 5) is 19.2. The minimum atomic E-state index is -0.256. The van der Waals surface area contributed by atoms with Crippen LogP contribution >= 0.6 is 11.6 Å². The molecule has 1 atom stereocenters. The normalized spacial score (nSPS) is 15.7. The molecule has 2 aromatic heterocycles. The molecule has 172 valence electrons. The van der Waals surface area contributed by atoms with E-state index in [0.29, 0.717) is 12.2 Å². The monoisotopic (exact) mass is 464 g/mol. The molecule has 0 saturated heterocycles. The third kappa shape index (κ3) is 5.86. The molecule has 1 aliphatic rings. The van der Waals surface area contributed by atoms with Crippen molar-refractivity contribution in [2.75, 3.05) is 19.6 Å². The maximum absolute atomic E-state index is 12.8. The minimum Gasteiger partial charge on any atom is -0.340 e. The highest BCUT2D eigenvalue weighted by molar-refractivity contribution is 6.31. The first-order chi connectivity index (χ1) is 16.0. The third-order valence-corrected chi connectivity index (χ3v) is 6.00. The van der Waals surface area contributed by atoms with E-state index >= 15 is 0 Å². The third-order valence-electron chi connectivity index (χ3n) is 5.77. The lowest BCUT2D eigenvalue weighted by Gasteiger charge is -2.23. The number of fused-ring (bicyclic) bond motifs is 1. The first kappa shape index (κ1) is 23.1. The minimum absolute atomic E-state index is 0.147. The molecule has 1 N–H and O–H groups in total. The smallest absolute Gasteiger partial charge is 0.270 e. The number of aromatic nitrogens is 4. The number of carbonyl (C=O) groups excluding carboxylic acids is 1. The molecule has 1 aromatic carbocycles. The van der Waals surface area contributed by atoms with Crippen molar-refractivity contribution in [3.63, 3.8) is 0 Å². The maximum atomic E-state index is 12.8. The molecule has 8 heteroatoms. The number of hydrogen-bond donors (Lipinski definition) is 1. The van der Waals surface area contributed by atoms with Crippen LogP contribution in [0.15, 0.2) is 59.8 Å². The fraction of sp³-hybridized carbons (Fsp3) is 0.360. The highest BCUT2D eigenvalue weighted by Crippen LogP contribution is 2.23. The van der Waals surface area contributed by atoms with Crippen LogP contribution in [0, 0.1) is 5.92 Å². The predicted octanol–water partition coefficient (Wildman–Crippen LogP) is 3.94. The molecule has 3 heterocycles. The molecule has 1 aliphatic heterocycles. The van der Waals surface area contributed by atoms with Crippen LogP contribution in [0.4, 0.5) is 0 Å². The van der Waals surface area contributed by atoms with Crippen molar-refractivity contribution in [2.24, 2.45) is 5.92 Å². The molecule has 1 amide bonds. The summed E-state index contributed by atoms with van der Waals surface area (Å²) in [7, 11) is 0. The van der Waals surface area contributed by atoms with Crippen molar-refractivity contribution in [2.45, 2.75) is 32.9 Å². The molecule has 0 bridgehead atoms. The summed E-state index contributed by atoms with van der Waals surface area (Å²) in [6.45, 7) is 7.26. The van der Waals surface area contributed by atoms with E-state index in [-0.39, 0.29) is 17.9 Å². The lowest BCUT2D eigenvalue weighted by molar-refractivity contribution is 0.0916. The number of hydrogen-bond acceptors (Lipinski definition) is 5. The van der Waals surface area contributed by atoms with Crippen LogP contribution in [0.2, 0.25) is 0 Å². The first-order valence-corrected chi connectivity index (χ1v) is 11.7. The van der Waals surface area contributed by atoms with Crippen LogP contribution in [-0.2, 0) is 13.0 Å². The zero-order valence-electron chi connectivity index (χ0n) is 19.0. The van der Waals surface area contributed by atoms with E-state index < -0.39 is 0 Å². The summed E-state index contributed by atoms with van der Waals surface area (Å²) in [6, 6.07) is 15.2. The quantitative estimate of drug-likeness (QED) is 0.573. The molecule has 7 nitrogen and oxygen atoms in total. The standard InChI is InChI=1S/C25H29ClN6O/c1-18(2)23(28-25(33)21-10-6-7-12-27-21)24-30-29-22-11-13-31(14-15-32(22)24)17-20(26)16-19-8-4-3-5-9-19/h3-10,12,16,18,23H,11,13-15,17H2,1-2H3,(H,28,33)/b20-16-. The first-order valence-electron chi connectivity index (χ1n) is 11.3. The summed E-state index contributed by atoms with van der Waals surface area (Å²) >= 11 is 6.56. The summed E-state index contributed by atoms with van der Waals surface area (Å²) in [5.74, 6) is 1.67. The topological polar surface area (TPSA) is 75.9 Å². The van der Waals surface area contributed by atoms with Gasteiger partial charge in [0, 0.05) is 43.8 Å². The highest BCUT2D eigenvalue weighted by Gasteiger charge is 2.28. The molecule has 3 aromatic rings. The Kier molecular flexibility index (Phi) is 7.52. The molecule has 33 heavy (non-hydrogen) atoms. The Balaban J connectivity index is 1.45. The molecular weight excluding hydrogens is 436 g/mol. The largest absolute Gasteiger partial charge is 0.340 e. The predicted molar refractivity (Wildman–Crippen MR) is 130 cm³/mol. The summed E-state index contributed by atoms with van der Waals surface area (Å²) < 4.78 is 2.15. The van der Waals surface area contributed by atoms with Gasteiger partial charge in [-0.1, -0.05) is 61.8 Å². The average molecular weight is 465 g/mol. The van der Waals surface area contributed by atoms with Crippen molar-refractivity contribution >= 4 is 23.6 Å². The van der Waals surface area contributed by atoms with Crippen molar-refractivity contribution in [3.05, 3.63) is 82.7 Å². The van der Waals surface area contributed by atoms with Gasteiger partial charge in [-0.15, -0.1) is 10.2 Å². The van der Waals surface area contributed by atoms with Crippen molar-refractivity contribution in [3.8, 4) is 0 Å². The highest BCUT2D eigenvalue weighted by atomic mass is 35.5. The van der Waals surface area contributed by atoms with Gasteiger partial charge in [0.25, 0.3) is 5.91 Å². The SMILES string of the molecule is CC(C)C(NC(=O)c1ccccn1)c1nnc2n1CCN(C/C(Cl)=C/c1ccccc1)CC2. The zero-order valence-corrected chi connectivity index (χ0v) is 19.7. The van der Waals surface area contributed by atoms with Gasteiger partial charge in [0.2, 0.25) is 0 Å². The van der Waals surface area contributed by atoms with Crippen LogP contribution in [0.3, 0.4) is 0 Å². The number of carbonyl (C=O) groups is 1. The van der Waals surface area contributed by atoms with E-state index in [1.165, 1.54) is 0 Å². The van der Waals surface area contributed by atoms with Gasteiger partial charge < -0.3 is 9.88 Å². The van der Waals surface area contributed by atoms with Gasteiger partial charge in [-0.25, -0.2) is 0 Å². The number of halogens is 1. The maximum Gasteiger partial charge on any atom is 0.270 e. The Bertz CT molecular complexity index is 1100. The molecule has 4 rings (SSSR count). The Hall–Kier alpha value is -3.03. The van der Waals surface area contributed by atoms with Gasteiger partial charge in [0.05, 0.1) is 6.04 Å². The van der Waals surface area contributed by atoms with E-state index in [0.717, 1.165) is 48.3 Å². The van der Waals surface area contributed by atoms with Gasteiger partial charge in [-0.3, -0.25) is 14.7 Å². The van der Waals surface area contributed by atoms with E-state index in [1.807, 2.05) is 36.4 Å². The Morgan fingerprint density at radius 2 is 1.88 bits per heavy atom. The second-order valence-electron chi connectivity index (χ2n) is 8.56. The number of pyridine rings is 1. The summed E-state index contributed by atoms with van der Waals surface area (Å²) in [5.41, 5.74) is 1.49. The summed E-state index contributed by atoms with van der Waals surface area (Å²) in [5, 5.41) is 12.8. The fourth-order valence-electron chi connectivity index (χ4n) is 4.01. The number of benzene rings is 1. The van der Waals surface area contributed by atoms with Gasteiger partial charge >= 0.3 is 0 Å². The molecule has 0 aliphatic carbocycles. The van der Waals surface area contributed by atoms with E-state index in [2.05, 4.69) is 43.8 Å². The van der Waals surface area contributed by atoms with Crippen LogP contribution in [0.25, 0.3) is 6.08 Å². The molecule has 0 spiro atoms. The van der Waals surface area contributed by atoms with Crippen LogP contribution < -0.4 is 5.32 Å². The number of amides is 1. The van der Waals surface area contributed by atoms with Gasteiger partial charge in [-0.05, 0) is 29.7 Å². The second-order valence-corrected chi connectivity index (χ2v) is 9.05. The lowest BCUT2D eigenvalue weighted by atomic mass is 10.0. The molecule has 0 saturated carbocycles. The van der Waals surface area contributed by atoms with E-state index in [9.17, 15) is 4.79 Å². The number of nitrogens with one attached hydrogen (secondary N) is 1. The van der Waals surface area contributed by atoms with E-state index in [4.69, 9.17) is 11.6 Å².